The number of Topliss-reactive ketones (excluding diaryl/α,β-unsaturated/α-hetero) is 1. The minimum Gasteiger partial charge on any atom is -0.356 e. The molecule has 0 unspecified atom stereocenters. The summed E-state index contributed by atoms with van der Waals surface area (Å²) in [6, 6.07) is 6.75. The highest BCUT2D eigenvalue weighted by Gasteiger charge is 2.10. The van der Waals surface area contributed by atoms with E-state index in [9.17, 15) is 9.59 Å². The van der Waals surface area contributed by atoms with Crippen LogP contribution in [0.4, 0.5) is 0 Å². The van der Waals surface area contributed by atoms with Crippen molar-refractivity contribution in [2.75, 3.05) is 39.3 Å². The molecule has 0 aromatic heterocycles. The summed E-state index contributed by atoms with van der Waals surface area (Å²) in [6.45, 7) is 5.90. The van der Waals surface area contributed by atoms with Crippen LogP contribution < -0.4 is 10.6 Å². The second-order valence-electron chi connectivity index (χ2n) is 5.73. The summed E-state index contributed by atoms with van der Waals surface area (Å²) in [5.41, 5.74) is 0.598. The van der Waals surface area contributed by atoms with Crippen LogP contribution in [0.25, 0.3) is 0 Å². The van der Waals surface area contributed by atoms with Crippen LogP contribution in [0.3, 0.4) is 0 Å². The van der Waals surface area contributed by atoms with Crippen LogP contribution in [0.15, 0.2) is 24.3 Å². The monoisotopic (exact) mass is 337 g/mol. The summed E-state index contributed by atoms with van der Waals surface area (Å²) in [6.07, 6.45) is 1.40. The van der Waals surface area contributed by atoms with Crippen LogP contribution in [-0.4, -0.2) is 55.9 Å². The number of amides is 1. The van der Waals surface area contributed by atoms with Crippen LogP contribution in [0.2, 0.25) is 5.02 Å². The average molecular weight is 338 g/mol. The first kappa shape index (κ1) is 17.9. The number of rotatable bonds is 8. The second kappa shape index (κ2) is 9.65. The van der Waals surface area contributed by atoms with Crippen LogP contribution >= 0.6 is 11.6 Å². The first-order valence-corrected chi connectivity index (χ1v) is 8.51. The lowest BCUT2D eigenvalue weighted by Crippen LogP contribution is -2.44. The number of hydrogen-bond acceptors (Lipinski definition) is 4. The van der Waals surface area contributed by atoms with Gasteiger partial charge in [0, 0.05) is 56.2 Å². The van der Waals surface area contributed by atoms with E-state index in [0.717, 1.165) is 39.1 Å². The first-order chi connectivity index (χ1) is 11.1. The summed E-state index contributed by atoms with van der Waals surface area (Å²) < 4.78 is 0. The maximum Gasteiger partial charge on any atom is 0.220 e. The SMILES string of the molecule is O=C(CCC(=O)c1ccc(Cl)cc1)NCCCN1CCNCC1. The van der Waals surface area contributed by atoms with Gasteiger partial charge in [-0.05, 0) is 37.2 Å². The van der Waals surface area contributed by atoms with Crippen molar-refractivity contribution in [1.82, 2.24) is 15.5 Å². The molecule has 0 spiro atoms. The fourth-order valence-electron chi connectivity index (χ4n) is 2.56. The fraction of sp³-hybridized carbons (Fsp3) is 0.529. The van der Waals surface area contributed by atoms with E-state index in [1.54, 1.807) is 24.3 Å². The third-order valence-electron chi connectivity index (χ3n) is 3.93. The molecule has 1 aromatic rings. The van der Waals surface area contributed by atoms with Crippen molar-refractivity contribution < 1.29 is 9.59 Å². The van der Waals surface area contributed by atoms with E-state index in [0.29, 0.717) is 17.1 Å². The predicted octanol–water partition coefficient (Wildman–Crippen LogP) is 1.71. The van der Waals surface area contributed by atoms with Crippen molar-refractivity contribution in [3.8, 4) is 0 Å². The van der Waals surface area contributed by atoms with Crippen molar-refractivity contribution >= 4 is 23.3 Å². The molecule has 0 bridgehead atoms. The van der Waals surface area contributed by atoms with Crippen molar-refractivity contribution in [2.45, 2.75) is 19.3 Å². The van der Waals surface area contributed by atoms with Crippen molar-refractivity contribution in [2.24, 2.45) is 0 Å². The maximum absolute atomic E-state index is 12.0. The van der Waals surface area contributed by atoms with Gasteiger partial charge in [-0.3, -0.25) is 9.59 Å². The molecule has 126 valence electrons. The summed E-state index contributed by atoms with van der Waals surface area (Å²) >= 11 is 5.79. The molecule has 6 heteroatoms. The van der Waals surface area contributed by atoms with Gasteiger partial charge >= 0.3 is 0 Å². The number of ketones is 1. The number of benzene rings is 1. The zero-order valence-corrected chi connectivity index (χ0v) is 14.1. The Morgan fingerprint density at radius 1 is 1.13 bits per heavy atom. The van der Waals surface area contributed by atoms with E-state index in [2.05, 4.69) is 15.5 Å². The highest BCUT2D eigenvalue weighted by Crippen LogP contribution is 2.11. The van der Waals surface area contributed by atoms with E-state index in [1.807, 2.05) is 0 Å². The summed E-state index contributed by atoms with van der Waals surface area (Å²) in [5.74, 6) is -0.0924. The lowest BCUT2D eigenvalue weighted by atomic mass is 10.1. The Labute approximate surface area is 142 Å². The van der Waals surface area contributed by atoms with Gasteiger partial charge in [0.1, 0.15) is 0 Å². The smallest absolute Gasteiger partial charge is 0.220 e. The highest BCUT2D eigenvalue weighted by molar-refractivity contribution is 6.30. The molecule has 1 aromatic carbocycles. The van der Waals surface area contributed by atoms with E-state index < -0.39 is 0 Å². The maximum atomic E-state index is 12.0. The molecule has 1 amide bonds. The third kappa shape index (κ3) is 6.69. The molecule has 0 radical (unpaired) electrons. The molecule has 23 heavy (non-hydrogen) atoms. The molecular weight excluding hydrogens is 314 g/mol. The number of hydrogen-bond donors (Lipinski definition) is 2. The molecule has 1 aliphatic heterocycles. The molecule has 1 aliphatic rings. The van der Waals surface area contributed by atoms with E-state index >= 15 is 0 Å². The average Bonchev–Trinajstić information content (AvgIpc) is 2.58. The Morgan fingerprint density at radius 2 is 1.83 bits per heavy atom. The van der Waals surface area contributed by atoms with Gasteiger partial charge < -0.3 is 15.5 Å². The summed E-state index contributed by atoms with van der Waals surface area (Å²) in [5, 5.41) is 6.80. The molecule has 5 nitrogen and oxygen atoms in total. The molecule has 2 rings (SSSR count). The van der Waals surface area contributed by atoms with Gasteiger partial charge in [0.15, 0.2) is 5.78 Å². The molecule has 0 atom stereocenters. The number of nitrogens with one attached hydrogen (secondary N) is 2. The Balaban J connectivity index is 1.57. The number of nitrogens with zero attached hydrogens (tertiary/aromatic N) is 1. The van der Waals surface area contributed by atoms with Gasteiger partial charge in [-0.25, -0.2) is 0 Å². The Kier molecular flexibility index (Phi) is 7.52. The summed E-state index contributed by atoms with van der Waals surface area (Å²) in [4.78, 5) is 26.1. The number of carbonyl (C=O) groups is 2. The van der Waals surface area contributed by atoms with Gasteiger partial charge in [0.2, 0.25) is 5.91 Å². The standard InChI is InChI=1S/C17H24ClN3O2/c18-15-4-2-14(3-5-15)16(22)6-7-17(23)20-8-1-11-21-12-9-19-10-13-21/h2-5,19H,1,6-13H2,(H,20,23). The normalized spacial score (nSPS) is 15.3. The largest absolute Gasteiger partial charge is 0.356 e. The van der Waals surface area contributed by atoms with E-state index in [-0.39, 0.29) is 24.5 Å². The molecule has 1 fully saturated rings. The topological polar surface area (TPSA) is 61.4 Å². The molecular formula is C17H24ClN3O2. The Morgan fingerprint density at radius 3 is 2.52 bits per heavy atom. The number of piperazine rings is 1. The zero-order valence-electron chi connectivity index (χ0n) is 13.3. The van der Waals surface area contributed by atoms with Crippen molar-refractivity contribution in [3.05, 3.63) is 34.9 Å². The highest BCUT2D eigenvalue weighted by atomic mass is 35.5. The van der Waals surface area contributed by atoms with E-state index in [1.165, 1.54) is 0 Å². The lowest BCUT2D eigenvalue weighted by molar-refractivity contribution is -0.121. The molecule has 2 N–H and O–H groups in total. The predicted molar refractivity (Wildman–Crippen MR) is 92.0 cm³/mol. The fourth-order valence-corrected chi connectivity index (χ4v) is 2.69. The Hall–Kier alpha value is -1.43. The van der Waals surface area contributed by atoms with Gasteiger partial charge in [-0.15, -0.1) is 0 Å². The van der Waals surface area contributed by atoms with Gasteiger partial charge in [0.05, 0.1) is 0 Å². The molecule has 0 saturated carbocycles. The summed E-state index contributed by atoms with van der Waals surface area (Å²) in [7, 11) is 0. The minimum absolute atomic E-state index is 0.0300. The van der Waals surface area contributed by atoms with Crippen LogP contribution in [0, 0.1) is 0 Å². The van der Waals surface area contributed by atoms with Gasteiger partial charge in [0.25, 0.3) is 0 Å². The van der Waals surface area contributed by atoms with Crippen LogP contribution in [-0.2, 0) is 4.79 Å². The molecule has 0 aliphatic carbocycles. The minimum atomic E-state index is -0.0624. The zero-order chi connectivity index (χ0) is 16.5. The van der Waals surface area contributed by atoms with Crippen LogP contribution in [0.5, 0.6) is 0 Å². The quantitative estimate of drug-likeness (QED) is 0.560. The van der Waals surface area contributed by atoms with E-state index in [4.69, 9.17) is 11.6 Å². The first-order valence-electron chi connectivity index (χ1n) is 8.14. The lowest BCUT2D eigenvalue weighted by Gasteiger charge is -2.27. The third-order valence-corrected chi connectivity index (χ3v) is 4.18. The van der Waals surface area contributed by atoms with Gasteiger partial charge in [-0.2, -0.15) is 0 Å². The van der Waals surface area contributed by atoms with Crippen molar-refractivity contribution in [1.29, 1.82) is 0 Å². The number of carbonyl (C=O) groups excluding carboxylic acids is 2. The van der Waals surface area contributed by atoms with Crippen LogP contribution in [0.1, 0.15) is 29.6 Å². The second-order valence-corrected chi connectivity index (χ2v) is 6.16. The number of halogens is 1. The van der Waals surface area contributed by atoms with Gasteiger partial charge in [-0.1, -0.05) is 11.6 Å². The van der Waals surface area contributed by atoms with Crippen molar-refractivity contribution in [3.63, 3.8) is 0 Å². The molecule has 1 saturated heterocycles. The Bertz CT molecular complexity index is 513. The molecule has 1 heterocycles.